The standard InChI is InChI=1S/C32H35N3O4S/c1-32(2,3)40(38,39)33-31(37)23-11-14-26(15-12-23)35-19-17-34(18-20-35)22-25-13-16-29(24-7-6-8-27(36)21-24)30-10-5-4-9-28(25)30/h4-16,21,36H,17-20,22H2,1-3H3,(H,33,37). The molecule has 0 bridgehead atoms. The molecule has 0 radical (unpaired) electrons. The Bertz CT molecular complexity index is 1640. The van der Waals surface area contributed by atoms with Gasteiger partial charge in [0.05, 0.1) is 4.75 Å². The Hall–Kier alpha value is -3.88. The maximum Gasteiger partial charge on any atom is 0.264 e. The van der Waals surface area contributed by atoms with Gasteiger partial charge in [-0.05, 0) is 84.6 Å². The van der Waals surface area contributed by atoms with Gasteiger partial charge in [-0.3, -0.25) is 9.69 Å². The molecule has 0 unspecified atom stereocenters. The highest BCUT2D eigenvalue weighted by atomic mass is 32.2. The second kappa shape index (κ2) is 10.9. The largest absolute Gasteiger partial charge is 0.508 e. The molecule has 40 heavy (non-hydrogen) atoms. The highest BCUT2D eigenvalue weighted by Crippen LogP contribution is 2.33. The lowest BCUT2D eigenvalue weighted by Gasteiger charge is -2.36. The Morgan fingerprint density at radius 3 is 2.17 bits per heavy atom. The fourth-order valence-electron chi connectivity index (χ4n) is 4.99. The molecule has 0 atom stereocenters. The van der Waals surface area contributed by atoms with Crippen LogP contribution >= 0.6 is 0 Å². The molecule has 0 spiro atoms. The zero-order chi connectivity index (χ0) is 28.5. The molecule has 208 valence electrons. The number of anilines is 1. The van der Waals surface area contributed by atoms with Crippen molar-refractivity contribution in [3.8, 4) is 16.9 Å². The highest BCUT2D eigenvalue weighted by Gasteiger charge is 2.31. The molecule has 0 aliphatic carbocycles. The molecule has 1 saturated heterocycles. The minimum absolute atomic E-state index is 0.259. The summed E-state index contributed by atoms with van der Waals surface area (Å²) < 4.78 is 25.8. The quantitative estimate of drug-likeness (QED) is 0.330. The van der Waals surface area contributed by atoms with Crippen LogP contribution in [-0.2, 0) is 16.6 Å². The molecule has 1 fully saturated rings. The summed E-state index contributed by atoms with van der Waals surface area (Å²) in [7, 11) is -3.77. The van der Waals surface area contributed by atoms with Gasteiger partial charge in [-0.25, -0.2) is 13.1 Å². The van der Waals surface area contributed by atoms with Crippen molar-refractivity contribution in [1.29, 1.82) is 0 Å². The first-order valence-corrected chi connectivity index (χ1v) is 14.9. The molecule has 4 aromatic rings. The molecule has 1 aliphatic rings. The van der Waals surface area contributed by atoms with Crippen LogP contribution in [0.1, 0.15) is 36.7 Å². The molecule has 8 heteroatoms. The summed E-state index contributed by atoms with van der Waals surface area (Å²) in [5.74, 6) is -0.358. The number of phenolic OH excluding ortho intramolecular Hbond substituents is 1. The molecule has 1 aliphatic heterocycles. The Kier molecular flexibility index (Phi) is 7.57. The van der Waals surface area contributed by atoms with Gasteiger partial charge in [0, 0.05) is 44.0 Å². The second-order valence-electron chi connectivity index (χ2n) is 11.2. The van der Waals surface area contributed by atoms with Crippen LogP contribution < -0.4 is 9.62 Å². The van der Waals surface area contributed by atoms with Gasteiger partial charge in [-0.15, -0.1) is 0 Å². The first kappa shape index (κ1) is 27.7. The minimum Gasteiger partial charge on any atom is -0.508 e. The number of hydrogen-bond acceptors (Lipinski definition) is 6. The Morgan fingerprint density at radius 1 is 0.850 bits per heavy atom. The van der Waals surface area contributed by atoms with Gasteiger partial charge < -0.3 is 10.0 Å². The van der Waals surface area contributed by atoms with Crippen molar-refractivity contribution >= 4 is 32.4 Å². The van der Waals surface area contributed by atoms with E-state index in [4.69, 9.17) is 0 Å². The number of benzene rings is 4. The SMILES string of the molecule is CC(C)(C)S(=O)(=O)NC(=O)c1ccc(N2CCN(Cc3ccc(-c4cccc(O)c4)c4ccccc34)CC2)cc1. The number of piperazine rings is 1. The number of nitrogens with one attached hydrogen (secondary N) is 1. The van der Waals surface area contributed by atoms with Gasteiger partial charge in [0.2, 0.25) is 10.0 Å². The van der Waals surface area contributed by atoms with E-state index in [1.807, 2.05) is 24.3 Å². The summed E-state index contributed by atoms with van der Waals surface area (Å²) in [4.78, 5) is 17.2. The van der Waals surface area contributed by atoms with Crippen LogP contribution in [-0.4, -0.2) is 55.3 Å². The predicted octanol–water partition coefficient (Wildman–Crippen LogP) is 5.39. The van der Waals surface area contributed by atoms with E-state index in [2.05, 4.69) is 50.9 Å². The average molecular weight is 558 g/mol. The third-order valence-electron chi connectivity index (χ3n) is 7.47. The van der Waals surface area contributed by atoms with Crippen LogP contribution in [0.15, 0.2) is 84.9 Å². The van der Waals surface area contributed by atoms with Crippen molar-refractivity contribution < 1.29 is 18.3 Å². The van der Waals surface area contributed by atoms with Gasteiger partial charge in [-0.2, -0.15) is 0 Å². The number of aromatic hydroxyl groups is 1. The van der Waals surface area contributed by atoms with Crippen molar-refractivity contribution in [2.24, 2.45) is 0 Å². The summed E-state index contributed by atoms with van der Waals surface area (Å²) in [6.07, 6.45) is 0. The van der Waals surface area contributed by atoms with E-state index in [1.165, 1.54) is 16.3 Å². The Labute approximate surface area is 236 Å². The highest BCUT2D eigenvalue weighted by molar-refractivity contribution is 7.91. The van der Waals surface area contributed by atoms with Gasteiger partial charge in [0.1, 0.15) is 5.75 Å². The number of rotatable bonds is 6. The van der Waals surface area contributed by atoms with Crippen LogP contribution in [0.5, 0.6) is 5.75 Å². The topological polar surface area (TPSA) is 90.0 Å². The summed E-state index contributed by atoms with van der Waals surface area (Å²) in [5.41, 5.74) is 4.70. The van der Waals surface area contributed by atoms with E-state index in [9.17, 15) is 18.3 Å². The van der Waals surface area contributed by atoms with Crippen LogP contribution in [0, 0.1) is 0 Å². The molecule has 1 heterocycles. The Morgan fingerprint density at radius 2 is 1.52 bits per heavy atom. The molecule has 5 rings (SSSR count). The first-order chi connectivity index (χ1) is 19.0. The predicted molar refractivity (Wildman–Crippen MR) is 161 cm³/mol. The maximum atomic E-state index is 12.5. The van der Waals surface area contributed by atoms with Gasteiger partial charge in [-0.1, -0.05) is 48.5 Å². The third-order valence-corrected chi connectivity index (χ3v) is 9.53. The van der Waals surface area contributed by atoms with E-state index >= 15 is 0 Å². The molecular weight excluding hydrogens is 522 g/mol. The molecule has 7 nitrogen and oxygen atoms in total. The number of amides is 1. The number of carbonyl (C=O) groups is 1. The lowest BCUT2D eigenvalue weighted by molar-refractivity contribution is 0.0980. The fraction of sp³-hybridized carbons (Fsp3) is 0.281. The number of hydrogen-bond donors (Lipinski definition) is 2. The zero-order valence-corrected chi connectivity index (χ0v) is 23.9. The monoisotopic (exact) mass is 557 g/mol. The summed E-state index contributed by atoms with van der Waals surface area (Å²) in [6, 6.07) is 27.2. The number of sulfonamides is 1. The fourth-order valence-corrected chi connectivity index (χ4v) is 5.66. The average Bonchev–Trinajstić information content (AvgIpc) is 2.93. The molecular formula is C32H35N3O4S. The summed E-state index contributed by atoms with van der Waals surface area (Å²) >= 11 is 0. The summed E-state index contributed by atoms with van der Waals surface area (Å²) in [6.45, 7) is 9.01. The molecule has 0 saturated carbocycles. The minimum atomic E-state index is -3.77. The Balaban J connectivity index is 1.24. The van der Waals surface area contributed by atoms with E-state index in [1.54, 1.807) is 45.0 Å². The molecule has 0 aromatic heterocycles. The normalized spacial score (nSPS) is 14.8. The number of phenols is 1. The number of fused-ring (bicyclic) bond motifs is 1. The van der Waals surface area contributed by atoms with E-state index in [-0.39, 0.29) is 5.75 Å². The first-order valence-electron chi connectivity index (χ1n) is 13.5. The van der Waals surface area contributed by atoms with E-state index < -0.39 is 20.7 Å². The van der Waals surface area contributed by atoms with E-state index in [0.29, 0.717) is 5.56 Å². The smallest absolute Gasteiger partial charge is 0.264 e. The molecule has 4 aromatic carbocycles. The number of carbonyl (C=O) groups excluding carboxylic acids is 1. The van der Waals surface area contributed by atoms with Crippen molar-refractivity contribution in [3.63, 3.8) is 0 Å². The van der Waals surface area contributed by atoms with Crippen LogP contribution in [0.3, 0.4) is 0 Å². The number of nitrogens with zero attached hydrogens (tertiary/aromatic N) is 2. The maximum absolute atomic E-state index is 12.5. The van der Waals surface area contributed by atoms with Gasteiger partial charge in [0.25, 0.3) is 5.91 Å². The third kappa shape index (κ3) is 5.83. The van der Waals surface area contributed by atoms with E-state index in [0.717, 1.165) is 49.5 Å². The summed E-state index contributed by atoms with van der Waals surface area (Å²) in [5, 5.41) is 12.4. The van der Waals surface area contributed by atoms with Gasteiger partial charge >= 0.3 is 0 Å². The zero-order valence-electron chi connectivity index (χ0n) is 23.1. The lowest BCUT2D eigenvalue weighted by Crippen LogP contribution is -2.46. The van der Waals surface area contributed by atoms with Crippen LogP contribution in [0.2, 0.25) is 0 Å². The van der Waals surface area contributed by atoms with Crippen molar-refractivity contribution in [3.05, 3.63) is 96.1 Å². The molecule has 2 N–H and O–H groups in total. The lowest BCUT2D eigenvalue weighted by atomic mass is 9.94. The van der Waals surface area contributed by atoms with Crippen molar-refractivity contribution in [2.45, 2.75) is 32.1 Å². The van der Waals surface area contributed by atoms with Crippen LogP contribution in [0.4, 0.5) is 5.69 Å². The van der Waals surface area contributed by atoms with Crippen LogP contribution in [0.25, 0.3) is 21.9 Å². The van der Waals surface area contributed by atoms with Crippen molar-refractivity contribution in [1.82, 2.24) is 9.62 Å². The second-order valence-corrected chi connectivity index (χ2v) is 13.7. The van der Waals surface area contributed by atoms with Crippen molar-refractivity contribution in [2.75, 3.05) is 31.1 Å². The van der Waals surface area contributed by atoms with Gasteiger partial charge in [0.15, 0.2) is 0 Å². The molecule has 1 amide bonds.